The summed E-state index contributed by atoms with van der Waals surface area (Å²) in [7, 11) is 1.69. The van der Waals surface area contributed by atoms with Crippen LogP contribution in [0, 0.1) is 11.8 Å². The van der Waals surface area contributed by atoms with E-state index in [9.17, 15) is 28.2 Å². The number of carbonyl (C=O) groups is 1. The highest BCUT2D eigenvalue weighted by molar-refractivity contribution is 5.94. The molecule has 3 aliphatic rings. The number of aromatic hydroxyl groups is 1. The molecule has 1 aliphatic heterocycles. The molecule has 5 rings (SSSR count). The van der Waals surface area contributed by atoms with Gasteiger partial charge < -0.3 is 15.1 Å². The number of fused-ring (bicyclic) bond motifs is 1. The molecule has 1 amide bonds. The summed E-state index contributed by atoms with van der Waals surface area (Å²) in [6, 6.07) is 9.52. The Kier molecular flexibility index (Phi) is 6.57. The van der Waals surface area contributed by atoms with Gasteiger partial charge in [-0.1, -0.05) is 18.1 Å². The molecular formula is C30H31F3N2O3. The molecule has 2 aromatic carbocycles. The molecule has 4 atom stereocenters. The fourth-order valence-corrected chi connectivity index (χ4v) is 6.91. The number of phenols is 1. The number of nitrogens with zero attached hydrogens (tertiary/aromatic N) is 2. The van der Waals surface area contributed by atoms with E-state index in [-0.39, 0.29) is 17.8 Å². The van der Waals surface area contributed by atoms with Crippen LogP contribution in [0.1, 0.15) is 47.9 Å². The van der Waals surface area contributed by atoms with E-state index < -0.39 is 28.7 Å². The van der Waals surface area contributed by atoms with Crippen LogP contribution >= 0.6 is 0 Å². The lowest BCUT2D eigenvalue weighted by Gasteiger charge is -2.65. The van der Waals surface area contributed by atoms with E-state index >= 15 is 0 Å². The van der Waals surface area contributed by atoms with Crippen molar-refractivity contribution in [3.8, 4) is 17.6 Å². The van der Waals surface area contributed by atoms with Crippen molar-refractivity contribution in [3.63, 3.8) is 0 Å². The molecule has 0 spiro atoms. The number of hydrogen-bond donors (Lipinski definition) is 2. The number of piperidine rings is 1. The van der Waals surface area contributed by atoms with Crippen molar-refractivity contribution in [2.24, 2.45) is 0 Å². The summed E-state index contributed by atoms with van der Waals surface area (Å²) in [5.41, 5.74) is -0.0255. The molecule has 5 nitrogen and oxygen atoms in total. The van der Waals surface area contributed by atoms with Gasteiger partial charge in [0.25, 0.3) is 5.91 Å². The minimum absolute atomic E-state index is 0.0901. The molecule has 8 heteroatoms. The van der Waals surface area contributed by atoms with Crippen molar-refractivity contribution < 1.29 is 28.2 Å². The van der Waals surface area contributed by atoms with Crippen LogP contribution in [0.25, 0.3) is 0 Å². The minimum Gasteiger partial charge on any atom is -0.508 e. The topological polar surface area (TPSA) is 64.0 Å². The number of amides is 1. The van der Waals surface area contributed by atoms with Crippen LogP contribution in [-0.2, 0) is 22.8 Å². The van der Waals surface area contributed by atoms with Crippen molar-refractivity contribution in [2.75, 3.05) is 20.1 Å². The number of phenolic OH excluding ortho intramolecular Hbond substituents is 1. The van der Waals surface area contributed by atoms with Crippen molar-refractivity contribution in [1.82, 2.24) is 9.80 Å². The third-order valence-electron chi connectivity index (χ3n) is 8.87. The molecule has 0 aromatic heterocycles. The highest BCUT2D eigenvalue weighted by Crippen LogP contribution is 2.59. The molecule has 2 fully saturated rings. The van der Waals surface area contributed by atoms with Gasteiger partial charge in [-0.3, -0.25) is 9.69 Å². The molecule has 38 heavy (non-hydrogen) atoms. The Morgan fingerprint density at radius 3 is 2.66 bits per heavy atom. The molecule has 2 N–H and O–H groups in total. The summed E-state index contributed by atoms with van der Waals surface area (Å²) < 4.78 is 38.5. The van der Waals surface area contributed by atoms with Gasteiger partial charge in [-0.2, -0.15) is 13.2 Å². The Morgan fingerprint density at radius 1 is 1.24 bits per heavy atom. The quantitative estimate of drug-likeness (QED) is 0.466. The highest BCUT2D eigenvalue weighted by Gasteiger charge is 2.64. The molecule has 2 aliphatic carbocycles. The summed E-state index contributed by atoms with van der Waals surface area (Å²) in [5, 5.41) is 22.6. The van der Waals surface area contributed by atoms with Crippen LogP contribution < -0.4 is 0 Å². The lowest BCUT2D eigenvalue weighted by Crippen LogP contribution is -2.74. The second-order valence-electron chi connectivity index (χ2n) is 10.7. The fourth-order valence-electron chi connectivity index (χ4n) is 6.91. The summed E-state index contributed by atoms with van der Waals surface area (Å²) in [5.74, 6) is 4.99. The number of likely N-dealkylation sites (tertiary alicyclic amines) is 1. The van der Waals surface area contributed by atoms with Gasteiger partial charge in [-0.25, -0.2) is 0 Å². The number of rotatable bonds is 3. The van der Waals surface area contributed by atoms with Crippen LogP contribution in [0.4, 0.5) is 13.2 Å². The molecule has 1 saturated carbocycles. The first-order valence-electron chi connectivity index (χ1n) is 12.8. The highest BCUT2D eigenvalue weighted by atomic mass is 19.4. The molecule has 2 bridgehead atoms. The molecule has 1 saturated heterocycles. The van der Waals surface area contributed by atoms with Gasteiger partial charge >= 0.3 is 6.18 Å². The van der Waals surface area contributed by atoms with Gasteiger partial charge in [-0.15, -0.1) is 6.58 Å². The zero-order valence-electron chi connectivity index (χ0n) is 21.3. The lowest BCUT2D eigenvalue weighted by molar-refractivity contribution is -0.175. The maximum atomic E-state index is 13.0. The number of aliphatic hydroxyl groups is 1. The van der Waals surface area contributed by atoms with Crippen molar-refractivity contribution in [2.45, 2.75) is 61.4 Å². The van der Waals surface area contributed by atoms with E-state index in [2.05, 4.69) is 23.3 Å². The maximum absolute atomic E-state index is 13.0. The van der Waals surface area contributed by atoms with Gasteiger partial charge in [0.15, 0.2) is 0 Å². The Balaban J connectivity index is 1.41. The van der Waals surface area contributed by atoms with E-state index in [1.54, 1.807) is 24.1 Å². The fraction of sp³-hybridized carbons (Fsp3) is 0.433. The first-order valence-corrected chi connectivity index (χ1v) is 12.8. The van der Waals surface area contributed by atoms with E-state index in [1.807, 2.05) is 12.1 Å². The standard InChI is InChI=1S/C30H31F3N2O3/c1-3-15-35-16-14-28-19-23(12-13-29(28,38)26(35)17-21-7-10-24(36)18-25(21)28)34(2)27(37)11-6-20-4-8-22(9-5-20)30(31,32)33/h3-5,7-10,18,23,26,36,38H,1,12-17,19H2,2H3/t23-,26+,28+,29-/m0/s1. The van der Waals surface area contributed by atoms with Crippen molar-refractivity contribution in [1.29, 1.82) is 0 Å². The van der Waals surface area contributed by atoms with E-state index in [4.69, 9.17) is 0 Å². The first-order chi connectivity index (χ1) is 18.0. The Labute approximate surface area is 220 Å². The summed E-state index contributed by atoms with van der Waals surface area (Å²) >= 11 is 0. The third-order valence-corrected chi connectivity index (χ3v) is 8.87. The monoisotopic (exact) mass is 524 g/mol. The van der Waals surface area contributed by atoms with Gasteiger partial charge in [0, 0.05) is 42.6 Å². The van der Waals surface area contributed by atoms with Crippen LogP contribution in [-0.4, -0.2) is 63.7 Å². The predicted molar refractivity (Wildman–Crippen MR) is 137 cm³/mol. The Hall–Kier alpha value is -3.28. The van der Waals surface area contributed by atoms with Crippen LogP contribution in [0.3, 0.4) is 0 Å². The lowest BCUT2D eigenvalue weighted by atomic mass is 9.48. The first kappa shape index (κ1) is 26.3. The smallest absolute Gasteiger partial charge is 0.416 e. The average molecular weight is 525 g/mol. The van der Waals surface area contributed by atoms with E-state index in [1.165, 1.54) is 12.1 Å². The Bertz CT molecular complexity index is 1310. The number of halogens is 3. The van der Waals surface area contributed by atoms with Crippen LogP contribution in [0.2, 0.25) is 0 Å². The second kappa shape index (κ2) is 9.48. The molecule has 0 radical (unpaired) electrons. The number of hydrogen-bond acceptors (Lipinski definition) is 4. The zero-order valence-corrected chi connectivity index (χ0v) is 21.3. The molecule has 1 heterocycles. The second-order valence-corrected chi connectivity index (χ2v) is 10.7. The predicted octanol–water partition coefficient (Wildman–Crippen LogP) is 4.26. The normalized spacial score (nSPS) is 28.3. The van der Waals surface area contributed by atoms with Crippen LogP contribution in [0.5, 0.6) is 5.75 Å². The summed E-state index contributed by atoms with van der Waals surface area (Å²) in [6.07, 6.45) is 0.405. The maximum Gasteiger partial charge on any atom is 0.416 e. The molecule has 2 aromatic rings. The average Bonchev–Trinajstić information content (AvgIpc) is 2.88. The Morgan fingerprint density at radius 2 is 1.97 bits per heavy atom. The minimum atomic E-state index is -4.43. The van der Waals surface area contributed by atoms with Gasteiger partial charge in [0.2, 0.25) is 0 Å². The zero-order chi connectivity index (χ0) is 27.3. The van der Waals surface area contributed by atoms with Crippen LogP contribution in [0.15, 0.2) is 55.1 Å². The van der Waals surface area contributed by atoms with E-state index in [0.717, 1.165) is 29.8 Å². The third kappa shape index (κ3) is 4.28. The largest absolute Gasteiger partial charge is 0.508 e. The van der Waals surface area contributed by atoms with Gasteiger partial charge in [0.1, 0.15) is 5.75 Å². The van der Waals surface area contributed by atoms with Crippen molar-refractivity contribution >= 4 is 5.91 Å². The summed E-state index contributed by atoms with van der Waals surface area (Å²) in [4.78, 5) is 16.9. The number of alkyl halides is 3. The number of carbonyl (C=O) groups excluding carboxylic acids is 1. The molecule has 200 valence electrons. The van der Waals surface area contributed by atoms with E-state index in [0.29, 0.717) is 44.2 Å². The molecule has 0 unspecified atom stereocenters. The van der Waals surface area contributed by atoms with Gasteiger partial charge in [-0.05, 0) is 86.2 Å². The van der Waals surface area contributed by atoms with Gasteiger partial charge in [0.05, 0.1) is 11.2 Å². The SMILES string of the molecule is C=CCN1CC[C@]23C[C@@H](N(C)C(=O)C#Cc4ccc(C(F)(F)F)cc4)CC[C@]2(O)[C@H]1Cc1ccc(O)cc13. The number of benzene rings is 2. The van der Waals surface area contributed by atoms with Crippen molar-refractivity contribution in [3.05, 3.63) is 77.4 Å². The molecular weight excluding hydrogens is 493 g/mol. The summed E-state index contributed by atoms with van der Waals surface area (Å²) in [6.45, 7) is 5.34.